The Balaban J connectivity index is 1.97. The molecule has 2 aromatic rings. The fourth-order valence-corrected chi connectivity index (χ4v) is 2.09. The smallest absolute Gasteiger partial charge is 0.315 e. The van der Waals surface area contributed by atoms with E-state index in [9.17, 15) is 0 Å². The highest BCUT2D eigenvalue weighted by molar-refractivity contribution is 7.08. The fraction of sp³-hybridized carbons (Fsp3) is 0.400. The van der Waals surface area contributed by atoms with Gasteiger partial charge in [-0.15, -0.1) is 5.10 Å². The van der Waals surface area contributed by atoms with Crippen LogP contribution in [0.25, 0.3) is 0 Å². The normalized spacial score (nSPS) is 12.7. The molecule has 0 aliphatic rings. The number of aryl methyl sites for hydroxylation is 1. The first kappa shape index (κ1) is 11.1. The van der Waals surface area contributed by atoms with Crippen molar-refractivity contribution >= 4 is 17.4 Å². The molecule has 2 rings (SSSR count). The van der Waals surface area contributed by atoms with E-state index < -0.39 is 0 Å². The fourth-order valence-electron chi connectivity index (χ4n) is 1.23. The van der Waals surface area contributed by atoms with E-state index >= 15 is 0 Å². The Morgan fingerprint density at radius 3 is 2.88 bits per heavy atom. The van der Waals surface area contributed by atoms with Crippen LogP contribution in [0, 0.1) is 6.92 Å². The summed E-state index contributed by atoms with van der Waals surface area (Å²) in [5.74, 6) is 0.449. The molecule has 0 amide bonds. The summed E-state index contributed by atoms with van der Waals surface area (Å²) >= 11 is 1.68. The average Bonchev–Trinajstić information content (AvgIpc) is 2.83. The highest BCUT2D eigenvalue weighted by Gasteiger charge is 2.09. The number of anilines is 1. The molecule has 2 heterocycles. The molecule has 0 aliphatic carbocycles. The van der Waals surface area contributed by atoms with Gasteiger partial charge in [-0.2, -0.15) is 11.3 Å². The standard InChI is InChI=1S/C10H14N4OS/c1-6-4-16-5-8(6)3-12-10-14-13-9(15-10)7(2)11/h4-5,7H,3,11H2,1-2H3,(H,12,14). The van der Waals surface area contributed by atoms with Gasteiger partial charge in [0.15, 0.2) is 0 Å². The largest absolute Gasteiger partial charge is 0.406 e. The van der Waals surface area contributed by atoms with Crippen LogP contribution in [0.15, 0.2) is 15.2 Å². The lowest BCUT2D eigenvalue weighted by Crippen LogP contribution is -2.04. The minimum atomic E-state index is -0.231. The van der Waals surface area contributed by atoms with Gasteiger partial charge in [0.05, 0.1) is 6.04 Å². The van der Waals surface area contributed by atoms with Crippen molar-refractivity contribution in [3.63, 3.8) is 0 Å². The van der Waals surface area contributed by atoms with Crippen molar-refractivity contribution in [1.29, 1.82) is 0 Å². The maximum absolute atomic E-state index is 5.62. The molecule has 6 heteroatoms. The monoisotopic (exact) mass is 238 g/mol. The van der Waals surface area contributed by atoms with Gasteiger partial charge < -0.3 is 15.5 Å². The van der Waals surface area contributed by atoms with Crippen LogP contribution in [0.2, 0.25) is 0 Å². The zero-order valence-electron chi connectivity index (χ0n) is 9.23. The highest BCUT2D eigenvalue weighted by Crippen LogP contribution is 2.16. The van der Waals surface area contributed by atoms with Crippen LogP contribution in [0.5, 0.6) is 0 Å². The minimum Gasteiger partial charge on any atom is -0.406 e. The third-order valence-electron chi connectivity index (χ3n) is 2.22. The predicted molar refractivity (Wildman–Crippen MR) is 63.3 cm³/mol. The number of thiophene rings is 1. The van der Waals surface area contributed by atoms with Gasteiger partial charge in [-0.3, -0.25) is 0 Å². The first-order valence-electron chi connectivity index (χ1n) is 5.01. The summed E-state index contributed by atoms with van der Waals surface area (Å²) in [7, 11) is 0. The molecule has 2 aromatic heterocycles. The Labute approximate surface area is 97.7 Å². The Bertz CT molecular complexity index is 463. The number of nitrogens with zero attached hydrogens (tertiary/aromatic N) is 2. The highest BCUT2D eigenvalue weighted by atomic mass is 32.1. The zero-order chi connectivity index (χ0) is 11.5. The van der Waals surface area contributed by atoms with Crippen molar-refractivity contribution in [2.45, 2.75) is 26.4 Å². The Kier molecular flexibility index (Phi) is 3.21. The van der Waals surface area contributed by atoms with Crippen LogP contribution in [0.4, 0.5) is 6.01 Å². The van der Waals surface area contributed by atoms with Gasteiger partial charge in [0.25, 0.3) is 0 Å². The van der Waals surface area contributed by atoms with Crippen LogP contribution in [-0.2, 0) is 6.54 Å². The molecule has 0 radical (unpaired) electrons. The van der Waals surface area contributed by atoms with Gasteiger partial charge in [0, 0.05) is 6.54 Å². The molecular weight excluding hydrogens is 224 g/mol. The van der Waals surface area contributed by atoms with E-state index in [1.54, 1.807) is 18.3 Å². The van der Waals surface area contributed by atoms with Crippen LogP contribution < -0.4 is 11.1 Å². The van der Waals surface area contributed by atoms with Crippen molar-refractivity contribution in [2.75, 3.05) is 5.32 Å². The Hall–Kier alpha value is -1.40. The van der Waals surface area contributed by atoms with Crippen LogP contribution in [-0.4, -0.2) is 10.2 Å². The molecule has 0 saturated carbocycles. The Morgan fingerprint density at radius 1 is 1.50 bits per heavy atom. The van der Waals surface area contributed by atoms with Gasteiger partial charge in [0.2, 0.25) is 5.89 Å². The molecule has 0 spiro atoms. The topological polar surface area (TPSA) is 77.0 Å². The second-order valence-electron chi connectivity index (χ2n) is 3.67. The molecule has 0 saturated heterocycles. The summed E-state index contributed by atoms with van der Waals surface area (Å²) in [4.78, 5) is 0. The number of nitrogens with two attached hydrogens (primary N) is 1. The van der Waals surface area contributed by atoms with Gasteiger partial charge in [-0.1, -0.05) is 5.10 Å². The van der Waals surface area contributed by atoms with Gasteiger partial charge in [-0.05, 0) is 35.7 Å². The van der Waals surface area contributed by atoms with Crippen LogP contribution in [0.1, 0.15) is 30.0 Å². The SMILES string of the molecule is Cc1cscc1CNc1nnc(C(C)N)o1. The first-order chi connectivity index (χ1) is 7.66. The van der Waals surface area contributed by atoms with Crippen molar-refractivity contribution in [2.24, 2.45) is 5.73 Å². The van der Waals surface area contributed by atoms with E-state index in [1.807, 2.05) is 0 Å². The first-order valence-corrected chi connectivity index (χ1v) is 5.95. The van der Waals surface area contributed by atoms with E-state index in [0.29, 0.717) is 18.5 Å². The Morgan fingerprint density at radius 2 is 2.31 bits per heavy atom. The maximum Gasteiger partial charge on any atom is 0.315 e. The quantitative estimate of drug-likeness (QED) is 0.852. The lowest BCUT2D eigenvalue weighted by Gasteiger charge is -2.00. The second kappa shape index (κ2) is 4.63. The average molecular weight is 238 g/mol. The summed E-state index contributed by atoms with van der Waals surface area (Å²) in [6, 6.07) is 0.184. The van der Waals surface area contributed by atoms with E-state index in [1.165, 1.54) is 11.1 Å². The van der Waals surface area contributed by atoms with E-state index in [2.05, 4.69) is 33.2 Å². The lowest BCUT2D eigenvalue weighted by molar-refractivity contribution is 0.472. The van der Waals surface area contributed by atoms with Crippen molar-refractivity contribution in [3.05, 3.63) is 27.8 Å². The van der Waals surface area contributed by atoms with E-state index in [4.69, 9.17) is 10.2 Å². The summed E-state index contributed by atoms with van der Waals surface area (Å²) < 4.78 is 5.33. The number of aromatic nitrogens is 2. The third kappa shape index (κ3) is 2.40. The van der Waals surface area contributed by atoms with E-state index in [-0.39, 0.29) is 6.04 Å². The summed E-state index contributed by atoms with van der Waals surface area (Å²) in [6.07, 6.45) is 0. The number of hydrogen-bond acceptors (Lipinski definition) is 6. The van der Waals surface area contributed by atoms with Crippen molar-refractivity contribution in [3.8, 4) is 0 Å². The van der Waals surface area contributed by atoms with Crippen LogP contribution >= 0.6 is 11.3 Å². The minimum absolute atomic E-state index is 0.231. The second-order valence-corrected chi connectivity index (χ2v) is 4.41. The molecule has 0 bridgehead atoms. The molecule has 0 aromatic carbocycles. The van der Waals surface area contributed by atoms with Crippen LogP contribution in [0.3, 0.4) is 0 Å². The van der Waals surface area contributed by atoms with Gasteiger partial charge in [0.1, 0.15) is 0 Å². The van der Waals surface area contributed by atoms with Gasteiger partial charge >= 0.3 is 6.01 Å². The zero-order valence-corrected chi connectivity index (χ0v) is 10.0. The molecule has 86 valence electrons. The summed E-state index contributed by atoms with van der Waals surface area (Å²) in [5, 5.41) is 15.0. The van der Waals surface area contributed by atoms with Crippen molar-refractivity contribution in [1.82, 2.24) is 10.2 Å². The molecule has 5 nitrogen and oxygen atoms in total. The molecule has 1 atom stereocenters. The molecule has 0 aliphatic heterocycles. The summed E-state index contributed by atoms with van der Waals surface area (Å²) in [6.45, 7) is 4.57. The van der Waals surface area contributed by atoms with E-state index in [0.717, 1.165) is 0 Å². The van der Waals surface area contributed by atoms with Gasteiger partial charge in [-0.25, -0.2) is 0 Å². The van der Waals surface area contributed by atoms with Crippen molar-refractivity contribution < 1.29 is 4.42 Å². The number of rotatable bonds is 4. The maximum atomic E-state index is 5.62. The predicted octanol–water partition coefficient (Wildman–Crippen LogP) is 2.07. The molecular formula is C10H14N4OS. The molecule has 16 heavy (non-hydrogen) atoms. The number of hydrogen-bond donors (Lipinski definition) is 2. The number of nitrogens with one attached hydrogen (secondary N) is 1. The summed E-state index contributed by atoms with van der Waals surface area (Å²) in [5.41, 5.74) is 8.13. The molecule has 3 N–H and O–H groups in total. The third-order valence-corrected chi connectivity index (χ3v) is 3.13. The lowest BCUT2D eigenvalue weighted by atomic mass is 10.2. The molecule has 1 unspecified atom stereocenters. The molecule has 0 fully saturated rings.